The number of aliphatic hydroxyl groups is 1. The van der Waals surface area contributed by atoms with Crippen LogP contribution in [0.15, 0.2) is 18.2 Å². The van der Waals surface area contributed by atoms with Gasteiger partial charge >= 0.3 is 0 Å². The molecule has 5 heteroatoms. The minimum absolute atomic E-state index is 0.236. The van der Waals surface area contributed by atoms with Crippen LogP contribution in [0.1, 0.15) is 10.4 Å². The van der Waals surface area contributed by atoms with E-state index in [4.69, 9.17) is 20.3 Å². The lowest BCUT2D eigenvalue weighted by atomic mass is 10.2. The first-order valence-corrected chi connectivity index (χ1v) is 4.08. The third kappa shape index (κ3) is 1.38. The van der Waals surface area contributed by atoms with E-state index in [2.05, 4.69) is 0 Å². The summed E-state index contributed by atoms with van der Waals surface area (Å²) >= 11 is 0. The summed E-state index contributed by atoms with van der Waals surface area (Å²) in [6.07, 6.45) is -0.687. The molecule has 0 aliphatic carbocycles. The Kier molecular flexibility index (Phi) is 2.01. The molecule has 1 amide bonds. The largest absolute Gasteiger partial charge is 0.448 e. The number of carbonyl (C=O) groups excluding carboxylic acids is 1. The van der Waals surface area contributed by atoms with E-state index < -0.39 is 12.2 Å². The van der Waals surface area contributed by atoms with E-state index in [9.17, 15) is 4.79 Å². The van der Waals surface area contributed by atoms with Gasteiger partial charge < -0.3 is 20.3 Å². The molecule has 2 rings (SSSR count). The molecule has 5 nitrogen and oxygen atoms in total. The lowest BCUT2D eigenvalue weighted by molar-refractivity contribution is -0.000800. The van der Waals surface area contributed by atoms with Crippen LogP contribution in [0, 0.1) is 0 Å². The molecule has 0 saturated carbocycles. The van der Waals surface area contributed by atoms with Crippen LogP contribution in [-0.4, -0.2) is 23.9 Å². The maximum absolute atomic E-state index is 10.8. The third-order valence-corrected chi connectivity index (χ3v) is 1.89. The van der Waals surface area contributed by atoms with Crippen molar-refractivity contribution in [2.45, 2.75) is 6.29 Å². The summed E-state index contributed by atoms with van der Waals surface area (Å²) in [6.45, 7) is -0.236. The number of rotatable bonds is 2. The molecule has 1 aromatic rings. The van der Waals surface area contributed by atoms with Gasteiger partial charge in [-0.3, -0.25) is 4.79 Å². The molecule has 14 heavy (non-hydrogen) atoms. The summed E-state index contributed by atoms with van der Waals surface area (Å²) in [5, 5.41) is 8.78. The van der Waals surface area contributed by atoms with Crippen molar-refractivity contribution in [3.05, 3.63) is 23.8 Å². The van der Waals surface area contributed by atoms with Crippen LogP contribution in [0.5, 0.6) is 11.5 Å². The predicted molar refractivity (Wildman–Crippen MR) is 47.1 cm³/mol. The summed E-state index contributed by atoms with van der Waals surface area (Å²) in [4.78, 5) is 10.8. The van der Waals surface area contributed by atoms with Gasteiger partial charge in [0.1, 0.15) is 6.61 Å². The first-order valence-electron chi connectivity index (χ1n) is 4.08. The molecule has 74 valence electrons. The standard InChI is InChI=1S/C9H9NO4/c10-9(12)5-1-2-6-7(3-5)14-8(4-11)13-6/h1-3,8,11H,4H2,(H2,10,12). The monoisotopic (exact) mass is 195 g/mol. The lowest BCUT2D eigenvalue weighted by Crippen LogP contribution is -2.22. The highest BCUT2D eigenvalue weighted by Crippen LogP contribution is 2.34. The molecule has 1 unspecified atom stereocenters. The highest BCUT2D eigenvalue weighted by atomic mass is 16.7. The van der Waals surface area contributed by atoms with Gasteiger partial charge in [0.15, 0.2) is 11.5 Å². The molecule has 0 spiro atoms. The number of amides is 1. The van der Waals surface area contributed by atoms with Crippen LogP contribution in [0.4, 0.5) is 0 Å². The van der Waals surface area contributed by atoms with Crippen molar-refractivity contribution in [2.75, 3.05) is 6.61 Å². The van der Waals surface area contributed by atoms with Gasteiger partial charge in [-0.2, -0.15) is 0 Å². The number of nitrogens with two attached hydrogens (primary N) is 1. The number of primary amides is 1. The van der Waals surface area contributed by atoms with Gasteiger partial charge in [0.25, 0.3) is 6.29 Å². The molecule has 0 aromatic heterocycles. The molecule has 0 saturated heterocycles. The van der Waals surface area contributed by atoms with Crippen LogP contribution in [0.25, 0.3) is 0 Å². The first-order chi connectivity index (χ1) is 6.70. The van der Waals surface area contributed by atoms with E-state index in [-0.39, 0.29) is 6.61 Å². The van der Waals surface area contributed by atoms with Gasteiger partial charge in [0.2, 0.25) is 5.91 Å². The van der Waals surface area contributed by atoms with Gasteiger partial charge in [-0.25, -0.2) is 0 Å². The molecule has 3 N–H and O–H groups in total. The van der Waals surface area contributed by atoms with E-state index in [0.29, 0.717) is 17.1 Å². The van der Waals surface area contributed by atoms with Crippen LogP contribution >= 0.6 is 0 Å². The Morgan fingerprint density at radius 2 is 2.14 bits per heavy atom. The summed E-state index contributed by atoms with van der Waals surface area (Å²) in [5.41, 5.74) is 5.44. The second-order valence-electron chi connectivity index (χ2n) is 2.87. The fourth-order valence-electron chi connectivity index (χ4n) is 1.23. The molecule has 0 fully saturated rings. The zero-order chi connectivity index (χ0) is 10.1. The van der Waals surface area contributed by atoms with E-state index in [1.165, 1.54) is 6.07 Å². The summed E-state index contributed by atoms with van der Waals surface area (Å²) < 4.78 is 10.3. The van der Waals surface area contributed by atoms with E-state index >= 15 is 0 Å². The Bertz CT molecular complexity index is 377. The minimum Gasteiger partial charge on any atom is -0.448 e. The van der Waals surface area contributed by atoms with E-state index in [0.717, 1.165) is 0 Å². The second-order valence-corrected chi connectivity index (χ2v) is 2.87. The Hall–Kier alpha value is -1.75. The van der Waals surface area contributed by atoms with Crippen molar-refractivity contribution in [2.24, 2.45) is 5.73 Å². The van der Waals surface area contributed by atoms with Gasteiger partial charge in [-0.1, -0.05) is 0 Å². The van der Waals surface area contributed by atoms with Gasteiger partial charge in [-0.05, 0) is 18.2 Å². The van der Waals surface area contributed by atoms with E-state index in [1.54, 1.807) is 12.1 Å². The number of carbonyl (C=O) groups is 1. The molecule has 1 heterocycles. The maximum atomic E-state index is 10.8. The van der Waals surface area contributed by atoms with Crippen molar-refractivity contribution in [3.8, 4) is 11.5 Å². The molecule has 0 radical (unpaired) electrons. The summed E-state index contributed by atoms with van der Waals surface area (Å²) in [5.74, 6) is 0.415. The number of benzene rings is 1. The van der Waals surface area contributed by atoms with Crippen LogP contribution in [0.3, 0.4) is 0 Å². The average Bonchev–Trinajstić information content (AvgIpc) is 2.58. The van der Waals surface area contributed by atoms with Gasteiger partial charge in [0.05, 0.1) is 0 Å². The minimum atomic E-state index is -0.687. The molecule has 1 atom stereocenters. The second kappa shape index (κ2) is 3.19. The Morgan fingerprint density at radius 1 is 1.43 bits per heavy atom. The Morgan fingerprint density at radius 3 is 2.79 bits per heavy atom. The van der Waals surface area contributed by atoms with Crippen LogP contribution in [-0.2, 0) is 0 Å². The number of ether oxygens (including phenoxy) is 2. The highest BCUT2D eigenvalue weighted by molar-refractivity contribution is 5.93. The van der Waals surface area contributed by atoms with Crippen molar-refractivity contribution >= 4 is 5.91 Å². The van der Waals surface area contributed by atoms with E-state index in [1.807, 2.05) is 0 Å². The maximum Gasteiger partial charge on any atom is 0.264 e. The molecule has 1 aliphatic rings. The van der Waals surface area contributed by atoms with Crippen molar-refractivity contribution in [1.29, 1.82) is 0 Å². The molecule has 0 bridgehead atoms. The zero-order valence-electron chi connectivity index (χ0n) is 7.27. The number of hydrogen-bond donors (Lipinski definition) is 2. The zero-order valence-corrected chi connectivity index (χ0v) is 7.27. The van der Waals surface area contributed by atoms with Crippen LogP contribution in [0.2, 0.25) is 0 Å². The van der Waals surface area contributed by atoms with Crippen molar-refractivity contribution in [1.82, 2.24) is 0 Å². The fraction of sp³-hybridized carbons (Fsp3) is 0.222. The van der Waals surface area contributed by atoms with Crippen molar-refractivity contribution < 1.29 is 19.4 Å². The average molecular weight is 195 g/mol. The normalized spacial score (nSPS) is 18.2. The fourth-order valence-corrected chi connectivity index (χ4v) is 1.23. The molecular formula is C9H9NO4. The number of aliphatic hydroxyl groups excluding tert-OH is 1. The van der Waals surface area contributed by atoms with Gasteiger partial charge in [-0.15, -0.1) is 0 Å². The number of fused-ring (bicyclic) bond motifs is 1. The molecule has 1 aliphatic heterocycles. The topological polar surface area (TPSA) is 81.8 Å². The molecule has 1 aromatic carbocycles. The molecular weight excluding hydrogens is 186 g/mol. The Balaban J connectivity index is 2.31. The smallest absolute Gasteiger partial charge is 0.264 e. The third-order valence-electron chi connectivity index (χ3n) is 1.89. The van der Waals surface area contributed by atoms with Crippen LogP contribution < -0.4 is 15.2 Å². The highest BCUT2D eigenvalue weighted by Gasteiger charge is 2.23. The summed E-state index contributed by atoms with van der Waals surface area (Å²) in [6, 6.07) is 4.63. The summed E-state index contributed by atoms with van der Waals surface area (Å²) in [7, 11) is 0. The lowest BCUT2D eigenvalue weighted by Gasteiger charge is -2.04. The van der Waals surface area contributed by atoms with Crippen molar-refractivity contribution in [3.63, 3.8) is 0 Å². The van der Waals surface area contributed by atoms with Gasteiger partial charge in [0, 0.05) is 5.56 Å². The Labute approximate surface area is 80.0 Å². The quantitative estimate of drug-likeness (QED) is 0.689. The first kappa shape index (κ1) is 8.83. The predicted octanol–water partition coefficient (Wildman–Crippen LogP) is -0.125. The number of hydrogen-bond acceptors (Lipinski definition) is 4. The SMILES string of the molecule is NC(=O)c1ccc2c(c1)OC(CO)O2.